The van der Waals surface area contributed by atoms with E-state index in [0.717, 1.165) is 36.6 Å². The van der Waals surface area contributed by atoms with Crippen LogP contribution in [0.1, 0.15) is 22.3 Å². The standard InChI is InChI=1S/C19H25NO3/c1-14-10-18(22-2)19(23-3)11-17(14)12-20-9-8-15-4-6-16(13-21)7-5-15/h4-7,10-11,20-21H,8-9,12-13H2,1-3H3. The molecule has 0 saturated carbocycles. The molecule has 4 nitrogen and oxygen atoms in total. The Kier molecular flexibility index (Phi) is 6.44. The van der Waals surface area contributed by atoms with Crippen molar-refractivity contribution in [2.75, 3.05) is 20.8 Å². The van der Waals surface area contributed by atoms with Crippen LogP contribution in [0, 0.1) is 6.92 Å². The molecule has 0 spiro atoms. The average molecular weight is 315 g/mol. The molecule has 2 aromatic carbocycles. The molecule has 4 heteroatoms. The Morgan fingerprint density at radius 1 is 0.957 bits per heavy atom. The molecule has 0 fully saturated rings. The second kappa shape index (κ2) is 8.56. The molecule has 0 bridgehead atoms. The monoisotopic (exact) mass is 315 g/mol. The summed E-state index contributed by atoms with van der Waals surface area (Å²) in [5.41, 5.74) is 4.60. The predicted molar refractivity (Wildman–Crippen MR) is 92.1 cm³/mol. The Morgan fingerprint density at radius 3 is 2.17 bits per heavy atom. The second-order valence-corrected chi connectivity index (χ2v) is 5.54. The van der Waals surface area contributed by atoms with E-state index in [4.69, 9.17) is 14.6 Å². The molecule has 0 aromatic heterocycles. The summed E-state index contributed by atoms with van der Waals surface area (Å²) in [5.74, 6) is 1.52. The van der Waals surface area contributed by atoms with Crippen molar-refractivity contribution in [3.63, 3.8) is 0 Å². The zero-order valence-electron chi connectivity index (χ0n) is 14.1. The minimum Gasteiger partial charge on any atom is -0.493 e. The van der Waals surface area contributed by atoms with E-state index in [1.165, 1.54) is 16.7 Å². The van der Waals surface area contributed by atoms with Gasteiger partial charge in [0.2, 0.25) is 0 Å². The summed E-state index contributed by atoms with van der Waals surface area (Å²) < 4.78 is 10.7. The predicted octanol–water partition coefficient (Wildman–Crippen LogP) is 2.84. The van der Waals surface area contributed by atoms with Crippen LogP contribution < -0.4 is 14.8 Å². The van der Waals surface area contributed by atoms with E-state index in [1.54, 1.807) is 14.2 Å². The lowest BCUT2D eigenvalue weighted by molar-refractivity contribution is 0.282. The lowest BCUT2D eigenvalue weighted by atomic mass is 10.1. The first-order chi connectivity index (χ1) is 11.2. The molecule has 0 aliphatic rings. The summed E-state index contributed by atoms with van der Waals surface area (Å²) >= 11 is 0. The van der Waals surface area contributed by atoms with Gasteiger partial charge in [-0.1, -0.05) is 24.3 Å². The molecule has 0 atom stereocenters. The molecule has 0 radical (unpaired) electrons. The molecular weight excluding hydrogens is 290 g/mol. The van der Waals surface area contributed by atoms with Crippen molar-refractivity contribution in [3.8, 4) is 11.5 Å². The number of hydrogen-bond donors (Lipinski definition) is 2. The van der Waals surface area contributed by atoms with Crippen LogP contribution in [-0.4, -0.2) is 25.9 Å². The zero-order valence-corrected chi connectivity index (χ0v) is 14.1. The third kappa shape index (κ3) is 4.71. The first-order valence-corrected chi connectivity index (χ1v) is 7.78. The summed E-state index contributed by atoms with van der Waals surface area (Å²) in [6.07, 6.45) is 0.956. The van der Waals surface area contributed by atoms with Crippen LogP contribution in [0.3, 0.4) is 0 Å². The zero-order chi connectivity index (χ0) is 16.7. The Labute approximate surface area is 138 Å². The lowest BCUT2D eigenvalue weighted by Gasteiger charge is -2.13. The number of nitrogens with one attached hydrogen (secondary N) is 1. The molecule has 124 valence electrons. The maximum atomic E-state index is 9.04. The minimum absolute atomic E-state index is 0.0944. The number of aliphatic hydroxyl groups excluding tert-OH is 1. The maximum Gasteiger partial charge on any atom is 0.161 e. The molecule has 0 aliphatic carbocycles. The smallest absolute Gasteiger partial charge is 0.161 e. The minimum atomic E-state index is 0.0944. The molecule has 0 saturated heterocycles. The van der Waals surface area contributed by atoms with Gasteiger partial charge in [-0.2, -0.15) is 0 Å². The topological polar surface area (TPSA) is 50.7 Å². The first kappa shape index (κ1) is 17.3. The van der Waals surface area contributed by atoms with Crippen LogP contribution in [0.2, 0.25) is 0 Å². The summed E-state index contributed by atoms with van der Waals surface area (Å²) in [6, 6.07) is 12.1. The van der Waals surface area contributed by atoms with Crippen molar-refractivity contribution in [1.82, 2.24) is 5.32 Å². The number of aliphatic hydroxyl groups is 1. The van der Waals surface area contributed by atoms with Gasteiger partial charge in [0, 0.05) is 6.54 Å². The highest BCUT2D eigenvalue weighted by Crippen LogP contribution is 2.30. The molecule has 0 unspecified atom stereocenters. The van der Waals surface area contributed by atoms with Gasteiger partial charge in [0.1, 0.15) is 0 Å². The van der Waals surface area contributed by atoms with Crippen LogP contribution in [0.5, 0.6) is 11.5 Å². The third-order valence-electron chi connectivity index (χ3n) is 3.95. The number of hydrogen-bond acceptors (Lipinski definition) is 4. The highest BCUT2D eigenvalue weighted by molar-refractivity contribution is 5.47. The van der Waals surface area contributed by atoms with E-state index < -0.39 is 0 Å². The normalized spacial score (nSPS) is 10.6. The van der Waals surface area contributed by atoms with Crippen molar-refractivity contribution >= 4 is 0 Å². The number of rotatable bonds is 8. The van der Waals surface area contributed by atoms with Gasteiger partial charge in [-0.3, -0.25) is 0 Å². The number of ether oxygens (including phenoxy) is 2. The largest absolute Gasteiger partial charge is 0.493 e. The Balaban J connectivity index is 1.88. The van der Waals surface area contributed by atoms with E-state index in [-0.39, 0.29) is 6.61 Å². The summed E-state index contributed by atoms with van der Waals surface area (Å²) in [4.78, 5) is 0. The van der Waals surface area contributed by atoms with Crippen molar-refractivity contribution in [3.05, 3.63) is 58.7 Å². The van der Waals surface area contributed by atoms with E-state index >= 15 is 0 Å². The van der Waals surface area contributed by atoms with Crippen LogP contribution >= 0.6 is 0 Å². The quantitative estimate of drug-likeness (QED) is 0.736. The van der Waals surface area contributed by atoms with Gasteiger partial charge in [0.05, 0.1) is 20.8 Å². The van der Waals surface area contributed by atoms with Gasteiger partial charge in [-0.15, -0.1) is 0 Å². The molecule has 0 heterocycles. The molecule has 23 heavy (non-hydrogen) atoms. The number of aryl methyl sites for hydroxylation is 1. The van der Waals surface area contributed by atoms with E-state index in [0.29, 0.717) is 0 Å². The van der Waals surface area contributed by atoms with Gasteiger partial charge >= 0.3 is 0 Å². The summed E-state index contributed by atoms with van der Waals surface area (Å²) in [7, 11) is 3.30. The van der Waals surface area contributed by atoms with Crippen LogP contribution in [-0.2, 0) is 19.6 Å². The van der Waals surface area contributed by atoms with E-state index in [9.17, 15) is 0 Å². The maximum absolute atomic E-state index is 9.04. The van der Waals surface area contributed by atoms with E-state index in [1.807, 2.05) is 24.3 Å². The number of benzene rings is 2. The fourth-order valence-corrected chi connectivity index (χ4v) is 2.48. The number of methoxy groups -OCH3 is 2. The van der Waals surface area contributed by atoms with E-state index in [2.05, 4.69) is 24.4 Å². The summed E-state index contributed by atoms with van der Waals surface area (Å²) in [6.45, 7) is 3.86. The molecule has 2 aromatic rings. The van der Waals surface area contributed by atoms with Gasteiger partial charge < -0.3 is 19.9 Å². The van der Waals surface area contributed by atoms with Crippen LogP contribution in [0.15, 0.2) is 36.4 Å². The van der Waals surface area contributed by atoms with Crippen molar-refractivity contribution in [2.24, 2.45) is 0 Å². The van der Waals surface area contributed by atoms with Crippen LogP contribution in [0.4, 0.5) is 0 Å². The third-order valence-corrected chi connectivity index (χ3v) is 3.95. The van der Waals surface area contributed by atoms with Crippen LogP contribution in [0.25, 0.3) is 0 Å². The first-order valence-electron chi connectivity index (χ1n) is 7.78. The van der Waals surface area contributed by atoms with Gasteiger partial charge in [-0.05, 0) is 54.3 Å². The average Bonchev–Trinajstić information content (AvgIpc) is 2.59. The molecule has 0 aliphatic heterocycles. The van der Waals surface area contributed by atoms with Crippen molar-refractivity contribution in [2.45, 2.75) is 26.5 Å². The second-order valence-electron chi connectivity index (χ2n) is 5.54. The fraction of sp³-hybridized carbons (Fsp3) is 0.368. The Morgan fingerprint density at radius 2 is 1.57 bits per heavy atom. The molecule has 0 amide bonds. The Hall–Kier alpha value is -2.04. The van der Waals surface area contributed by atoms with Crippen molar-refractivity contribution in [1.29, 1.82) is 0 Å². The Bertz CT molecular complexity index is 623. The molecular formula is C19H25NO3. The highest BCUT2D eigenvalue weighted by atomic mass is 16.5. The van der Waals surface area contributed by atoms with Gasteiger partial charge in [-0.25, -0.2) is 0 Å². The summed E-state index contributed by atoms with van der Waals surface area (Å²) in [5, 5.41) is 12.5. The fourth-order valence-electron chi connectivity index (χ4n) is 2.48. The van der Waals surface area contributed by atoms with Gasteiger partial charge in [0.15, 0.2) is 11.5 Å². The lowest BCUT2D eigenvalue weighted by Crippen LogP contribution is -2.17. The SMILES string of the molecule is COc1cc(C)c(CNCCc2ccc(CO)cc2)cc1OC. The van der Waals surface area contributed by atoms with Crippen molar-refractivity contribution < 1.29 is 14.6 Å². The molecule has 2 rings (SSSR count). The van der Waals surface area contributed by atoms with Gasteiger partial charge in [0.25, 0.3) is 0 Å². The molecule has 2 N–H and O–H groups in total. The highest BCUT2D eigenvalue weighted by Gasteiger charge is 2.08.